The number of piperazine rings is 1. The third-order valence-electron chi connectivity index (χ3n) is 6.37. The molecule has 0 radical (unpaired) electrons. The third-order valence-corrected chi connectivity index (χ3v) is 6.37. The summed E-state index contributed by atoms with van der Waals surface area (Å²) < 4.78 is 79.1. The average Bonchev–Trinajstić information content (AvgIpc) is 2.89. The summed E-state index contributed by atoms with van der Waals surface area (Å²) in [7, 11) is 0. The van der Waals surface area contributed by atoms with Crippen LogP contribution < -0.4 is 16.0 Å². The topological polar surface area (TPSA) is 61.6 Å². The van der Waals surface area contributed by atoms with E-state index in [0.717, 1.165) is 17.7 Å². The van der Waals surface area contributed by atoms with Crippen molar-refractivity contribution in [2.45, 2.75) is 12.4 Å². The fraction of sp³-hybridized carbons (Fsp3) is 0.250. The van der Waals surface area contributed by atoms with Crippen LogP contribution in [0.5, 0.6) is 0 Å². The Hall–Kier alpha value is -3.99. The summed E-state index contributed by atoms with van der Waals surface area (Å²) in [6, 6.07) is 15.6. The molecule has 0 spiro atoms. The smallest absolute Gasteiger partial charge is 0.397 e. The number of nitrogens with one attached hydrogen (secondary N) is 1. The Morgan fingerprint density at radius 1 is 0.846 bits per heavy atom. The van der Waals surface area contributed by atoms with Gasteiger partial charge in [0.1, 0.15) is 0 Å². The van der Waals surface area contributed by atoms with Crippen molar-refractivity contribution in [3.63, 3.8) is 0 Å². The van der Waals surface area contributed by atoms with Gasteiger partial charge in [-0.1, -0.05) is 36.4 Å². The van der Waals surface area contributed by atoms with Crippen LogP contribution in [0.25, 0.3) is 6.08 Å². The van der Waals surface area contributed by atoms with Crippen molar-refractivity contribution in [1.82, 2.24) is 4.90 Å². The van der Waals surface area contributed by atoms with Gasteiger partial charge in [-0.3, -0.25) is 9.69 Å². The number of halogens is 6. The van der Waals surface area contributed by atoms with Crippen LogP contribution in [0.4, 0.5) is 43.4 Å². The molecule has 3 aromatic rings. The summed E-state index contributed by atoms with van der Waals surface area (Å²) in [5.41, 5.74) is 5.46. The lowest BCUT2D eigenvalue weighted by Crippen LogP contribution is -2.46. The highest BCUT2D eigenvalue weighted by atomic mass is 19.4. The van der Waals surface area contributed by atoms with Gasteiger partial charge in [0.25, 0.3) is 5.91 Å². The maximum absolute atomic E-state index is 13.2. The lowest BCUT2D eigenvalue weighted by atomic mass is 10.1. The van der Waals surface area contributed by atoms with Crippen molar-refractivity contribution in [2.75, 3.05) is 48.7 Å². The van der Waals surface area contributed by atoms with Crippen molar-refractivity contribution in [1.29, 1.82) is 0 Å². The van der Waals surface area contributed by atoms with Crippen molar-refractivity contribution < 1.29 is 31.1 Å². The zero-order valence-electron chi connectivity index (χ0n) is 20.7. The summed E-state index contributed by atoms with van der Waals surface area (Å²) in [6.07, 6.45) is -5.95. The summed E-state index contributed by atoms with van der Waals surface area (Å²) in [4.78, 5) is 16.0. The lowest BCUT2D eigenvalue weighted by molar-refractivity contribution is -0.143. The van der Waals surface area contributed by atoms with Gasteiger partial charge in [0.2, 0.25) is 0 Å². The van der Waals surface area contributed by atoms with Crippen LogP contribution in [0.1, 0.15) is 27.0 Å². The largest absolute Gasteiger partial charge is 0.416 e. The predicted molar refractivity (Wildman–Crippen MR) is 139 cm³/mol. The fourth-order valence-corrected chi connectivity index (χ4v) is 4.20. The molecule has 0 aromatic heterocycles. The number of anilines is 3. The molecule has 1 aliphatic rings. The number of nitrogens with zero attached hydrogens (tertiary/aromatic N) is 2. The molecule has 1 heterocycles. The second-order valence-corrected chi connectivity index (χ2v) is 9.12. The van der Waals surface area contributed by atoms with Gasteiger partial charge in [-0.25, -0.2) is 0 Å². The number of hydrogen-bond donors (Lipinski definition) is 2. The molecule has 39 heavy (non-hydrogen) atoms. The van der Waals surface area contributed by atoms with Gasteiger partial charge >= 0.3 is 12.4 Å². The van der Waals surface area contributed by atoms with E-state index < -0.39 is 23.5 Å². The molecule has 3 aromatic carbocycles. The number of alkyl halides is 6. The van der Waals surface area contributed by atoms with E-state index in [-0.39, 0.29) is 17.7 Å². The Balaban J connectivity index is 1.31. The zero-order valence-corrected chi connectivity index (χ0v) is 20.7. The van der Waals surface area contributed by atoms with Crippen molar-refractivity contribution in [3.8, 4) is 0 Å². The van der Waals surface area contributed by atoms with E-state index in [1.54, 1.807) is 48.5 Å². The summed E-state index contributed by atoms with van der Waals surface area (Å²) in [5, 5.41) is 2.76. The van der Waals surface area contributed by atoms with E-state index in [1.165, 1.54) is 4.90 Å². The second-order valence-electron chi connectivity index (χ2n) is 9.12. The fourth-order valence-electron chi connectivity index (χ4n) is 4.20. The van der Waals surface area contributed by atoms with Gasteiger partial charge in [-0.15, -0.1) is 0 Å². The van der Waals surface area contributed by atoms with Crippen LogP contribution in [-0.4, -0.2) is 43.5 Å². The lowest BCUT2D eigenvalue weighted by Gasteiger charge is -2.36. The van der Waals surface area contributed by atoms with Crippen LogP contribution in [0, 0.1) is 0 Å². The molecule has 206 valence electrons. The van der Waals surface area contributed by atoms with Gasteiger partial charge in [0.05, 0.1) is 22.5 Å². The van der Waals surface area contributed by atoms with Crippen LogP contribution in [-0.2, 0) is 12.4 Å². The van der Waals surface area contributed by atoms with E-state index in [0.29, 0.717) is 49.7 Å². The van der Waals surface area contributed by atoms with E-state index >= 15 is 0 Å². The SMILES string of the molecule is Nc1ccccc1NC(=O)c1ccc(C=CCN2CCN(c3cc(C(F)(F)F)cc(C(F)(F)F)c3)CC2)cc1. The van der Waals surface area contributed by atoms with Crippen LogP contribution in [0.3, 0.4) is 0 Å². The molecule has 0 saturated carbocycles. The first-order valence-electron chi connectivity index (χ1n) is 12.1. The number of amides is 1. The number of nitrogen functional groups attached to an aromatic ring is 1. The number of benzene rings is 3. The first-order valence-corrected chi connectivity index (χ1v) is 12.1. The number of rotatable bonds is 6. The Bertz CT molecular complexity index is 1290. The van der Waals surface area contributed by atoms with E-state index in [1.807, 2.05) is 12.2 Å². The van der Waals surface area contributed by atoms with Gasteiger partial charge in [-0.2, -0.15) is 26.3 Å². The minimum absolute atomic E-state index is 0.0913. The summed E-state index contributed by atoms with van der Waals surface area (Å²) in [6.45, 7) is 2.09. The van der Waals surface area contributed by atoms with Gasteiger partial charge < -0.3 is 16.0 Å². The molecule has 1 aliphatic heterocycles. The molecule has 11 heteroatoms. The normalized spacial score (nSPS) is 15.1. The van der Waals surface area contributed by atoms with Crippen LogP contribution >= 0.6 is 0 Å². The van der Waals surface area contributed by atoms with Gasteiger partial charge in [0.15, 0.2) is 0 Å². The molecule has 1 fully saturated rings. The second kappa shape index (κ2) is 11.4. The minimum atomic E-state index is -4.87. The molecule has 0 unspecified atom stereocenters. The molecule has 4 rings (SSSR count). The molecular weight excluding hydrogens is 522 g/mol. The van der Waals surface area contributed by atoms with E-state index in [4.69, 9.17) is 5.73 Å². The summed E-state index contributed by atoms with van der Waals surface area (Å²) in [5.74, 6) is -0.288. The molecule has 3 N–H and O–H groups in total. The standard InChI is InChI=1S/C28H26F6N4O/c29-27(30,31)21-16-22(28(32,33)34)18-23(17-21)38-14-12-37(13-15-38)11-3-4-19-7-9-20(10-8-19)26(39)36-25-6-2-1-5-24(25)35/h1-10,16-18H,11-15,35H2,(H,36,39). The third kappa shape index (κ3) is 7.32. The van der Waals surface area contributed by atoms with Gasteiger partial charge in [0, 0.05) is 44.0 Å². The number of nitrogens with two attached hydrogens (primary N) is 1. The Kier molecular flexibility index (Phi) is 8.19. The first-order chi connectivity index (χ1) is 18.4. The van der Waals surface area contributed by atoms with Crippen molar-refractivity contribution in [3.05, 3.63) is 95.1 Å². The molecule has 1 amide bonds. The highest BCUT2D eigenvalue weighted by Crippen LogP contribution is 2.38. The minimum Gasteiger partial charge on any atom is -0.397 e. The van der Waals surface area contributed by atoms with Crippen molar-refractivity contribution in [2.24, 2.45) is 0 Å². The van der Waals surface area contributed by atoms with Crippen LogP contribution in [0.2, 0.25) is 0 Å². The van der Waals surface area contributed by atoms with E-state index in [9.17, 15) is 31.1 Å². The average molecular weight is 549 g/mol. The number of carbonyl (C=O) groups excluding carboxylic acids is 1. The Labute approximate surface area is 221 Å². The molecule has 0 atom stereocenters. The monoisotopic (exact) mass is 548 g/mol. The molecule has 0 bridgehead atoms. The van der Waals surface area contributed by atoms with Gasteiger partial charge in [-0.05, 0) is 48.0 Å². The molecule has 0 aliphatic carbocycles. The Morgan fingerprint density at radius 3 is 2.00 bits per heavy atom. The van der Waals surface area contributed by atoms with E-state index in [2.05, 4.69) is 10.2 Å². The molecule has 1 saturated heterocycles. The highest BCUT2D eigenvalue weighted by molar-refractivity contribution is 6.05. The van der Waals surface area contributed by atoms with Crippen LogP contribution in [0.15, 0.2) is 72.8 Å². The Morgan fingerprint density at radius 2 is 1.44 bits per heavy atom. The summed E-state index contributed by atoms with van der Waals surface area (Å²) >= 11 is 0. The number of para-hydroxylation sites is 2. The maximum atomic E-state index is 13.2. The molecule has 5 nitrogen and oxygen atoms in total. The maximum Gasteiger partial charge on any atom is 0.416 e. The van der Waals surface area contributed by atoms with Crippen molar-refractivity contribution >= 4 is 29.0 Å². The highest BCUT2D eigenvalue weighted by Gasteiger charge is 2.37. The zero-order chi connectivity index (χ0) is 28.2. The predicted octanol–water partition coefficient (Wildman–Crippen LogP) is 6.39. The first kappa shape index (κ1) is 28.0. The molecular formula is C28H26F6N4O. The number of hydrogen-bond acceptors (Lipinski definition) is 4. The quantitative estimate of drug-likeness (QED) is 0.277. The number of carbonyl (C=O) groups is 1.